The molecule has 6 heteroatoms. The molecule has 3 N–H and O–H groups in total. The molecule has 0 unspecified atom stereocenters. The summed E-state index contributed by atoms with van der Waals surface area (Å²) in [7, 11) is 0. The zero-order valence-electron chi connectivity index (χ0n) is 16.9. The summed E-state index contributed by atoms with van der Waals surface area (Å²) in [5.74, 6) is 1.48. The van der Waals surface area contributed by atoms with Crippen LogP contribution >= 0.6 is 0 Å². The Morgan fingerprint density at radius 3 is 2.59 bits per heavy atom. The van der Waals surface area contributed by atoms with E-state index in [4.69, 9.17) is 10.1 Å². The van der Waals surface area contributed by atoms with Gasteiger partial charge in [0.2, 0.25) is 0 Å². The van der Waals surface area contributed by atoms with E-state index >= 15 is 0 Å². The van der Waals surface area contributed by atoms with E-state index in [1.54, 1.807) is 6.20 Å². The lowest BCUT2D eigenvalue weighted by molar-refractivity contribution is 0.194. The number of benzene rings is 1. The van der Waals surface area contributed by atoms with Gasteiger partial charge in [-0.2, -0.15) is 0 Å². The lowest BCUT2D eigenvalue weighted by Crippen LogP contribution is -2.23. The van der Waals surface area contributed by atoms with Crippen LogP contribution in [0.1, 0.15) is 31.9 Å². The van der Waals surface area contributed by atoms with E-state index in [2.05, 4.69) is 36.4 Å². The molecule has 0 fully saturated rings. The van der Waals surface area contributed by atoms with Crippen molar-refractivity contribution in [2.45, 2.75) is 32.6 Å². The number of hydrogen-bond acceptors (Lipinski definition) is 4. The summed E-state index contributed by atoms with van der Waals surface area (Å²) in [5.41, 5.74) is 4.13. The fourth-order valence-corrected chi connectivity index (χ4v) is 2.96. The highest BCUT2D eigenvalue weighted by Gasteiger charge is 2.14. The highest BCUT2D eigenvalue weighted by atomic mass is 16.4. The molecule has 150 valence electrons. The van der Waals surface area contributed by atoms with Crippen molar-refractivity contribution < 1.29 is 9.90 Å². The Bertz CT molecular complexity index is 996. The first-order chi connectivity index (χ1) is 13.8. The predicted octanol–water partition coefficient (Wildman–Crippen LogP) is 4.99. The fourth-order valence-electron chi connectivity index (χ4n) is 2.96. The van der Waals surface area contributed by atoms with E-state index in [-0.39, 0.29) is 5.41 Å². The predicted molar refractivity (Wildman–Crippen MR) is 116 cm³/mol. The van der Waals surface area contributed by atoms with Crippen molar-refractivity contribution >= 4 is 17.7 Å². The van der Waals surface area contributed by atoms with Crippen LogP contribution in [-0.2, 0) is 11.8 Å². The maximum atomic E-state index is 10.6. The Hall–Kier alpha value is -3.41. The fraction of sp³-hybridized carbons (Fsp3) is 0.261. The van der Waals surface area contributed by atoms with Gasteiger partial charge in [-0.3, -0.25) is 0 Å². The summed E-state index contributed by atoms with van der Waals surface area (Å²) in [6.07, 6.45) is 1.42. The maximum absolute atomic E-state index is 10.6. The van der Waals surface area contributed by atoms with Gasteiger partial charge in [-0.25, -0.2) is 14.8 Å². The standard InChI is InChI=1S/C23H26N4O2/c1-23(2,3)18-11-13-24-21(15-18)27-20-9-5-8-19(26-20)17-7-4-6-16(14-17)10-12-25-22(28)29/h4-9,11,13-15,25H,10,12H2,1-3H3,(H,28,29)(H,24,26,27). The molecular formula is C23H26N4O2. The first kappa shape index (κ1) is 20.3. The largest absolute Gasteiger partial charge is 0.465 e. The van der Waals surface area contributed by atoms with Gasteiger partial charge < -0.3 is 15.7 Å². The molecule has 29 heavy (non-hydrogen) atoms. The molecule has 2 heterocycles. The molecule has 6 nitrogen and oxygen atoms in total. The monoisotopic (exact) mass is 390 g/mol. The molecule has 0 aliphatic rings. The summed E-state index contributed by atoms with van der Waals surface area (Å²) in [6.45, 7) is 6.89. The number of anilines is 2. The van der Waals surface area contributed by atoms with Crippen LogP contribution in [0.25, 0.3) is 11.3 Å². The molecule has 1 aromatic carbocycles. The second kappa shape index (κ2) is 8.73. The van der Waals surface area contributed by atoms with Crippen molar-refractivity contribution in [1.82, 2.24) is 15.3 Å². The van der Waals surface area contributed by atoms with Crippen LogP contribution < -0.4 is 10.6 Å². The third kappa shape index (κ3) is 5.78. The van der Waals surface area contributed by atoms with Crippen molar-refractivity contribution in [3.63, 3.8) is 0 Å². The van der Waals surface area contributed by atoms with Gasteiger partial charge in [0.15, 0.2) is 0 Å². The van der Waals surface area contributed by atoms with Gasteiger partial charge >= 0.3 is 6.09 Å². The molecule has 0 saturated heterocycles. The van der Waals surface area contributed by atoms with Gasteiger partial charge in [0.25, 0.3) is 0 Å². The third-order valence-electron chi connectivity index (χ3n) is 4.54. The number of pyridine rings is 2. The number of nitrogens with zero attached hydrogens (tertiary/aromatic N) is 2. The number of rotatable bonds is 6. The molecule has 0 aliphatic heterocycles. The van der Waals surface area contributed by atoms with E-state index in [1.807, 2.05) is 54.6 Å². The molecule has 0 bridgehead atoms. The zero-order chi connectivity index (χ0) is 20.9. The number of carboxylic acid groups (broad SMARTS) is 1. The molecule has 1 amide bonds. The quantitative estimate of drug-likeness (QED) is 0.552. The first-order valence-electron chi connectivity index (χ1n) is 9.58. The number of carbonyl (C=O) groups is 1. The molecule has 0 saturated carbocycles. The molecule has 2 aromatic heterocycles. The minimum atomic E-state index is -1.01. The Morgan fingerprint density at radius 2 is 1.83 bits per heavy atom. The molecule has 3 aromatic rings. The van der Waals surface area contributed by atoms with E-state index < -0.39 is 6.09 Å². The van der Waals surface area contributed by atoms with Crippen LogP contribution in [-0.4, -0.2) is 27.7 Å². The van der Waals surface area contributed by atoms with Crippen LogP contribution in [0.2, 0.25) is 0 Å². The second-order valence-corrected chi connectivity index (χ2v) is 7.90. The Morgan fingerprint density at radius 1 is 1.03 bits per heavy atom. The summed E-state index contributed by atoms with van der Waals surface area (Å²) < 4.78 is 0. The van der Waals surface area contributed by atoms with Crippen molar-refractivity contribution in [3.8, 4) is 11.3 Å². The van der Waals surface area contributed by atoms with E-state index in [0.29, 0.717) is 13.0 Å². The number of aromatic nitrogens is 2. The van der Waals surface area contributed by atoms with Crippen molar-refractivity contribution in [3.05, 3.63) is 71.9 Å². The molecular weight excluding hydrogens is 364 g/mol. The lowest BCUT2D eigenvalue weighted by atomic mass is 9.88. The van der Waals surface area contributed by atoms with Crippen LogP contribution in [0, 0.1) is 0 Å². The second-order valence-electron chi connectivity index (χ2n) is 7.90. The smallest absolute Gasteiger partial charge is 0.404 e. The minimum Gasteiger partial charge on any atom is -0.465 e. The zero-order valence-corrected chi connectivity index (χ0v) is 16.9. The van der Waals surface area contributed by atoms with Gasteiger partial charge in [-0.05, 0) is 53.3 Å². The van der Waals surface area contributed by atoms with Crippen LogP contribution in [0.5, 0.6) is 0 Å². The van der Waals surface area contributed by atoms with Gasteiger partial charge in [-0.15, -0.1) is 0 Å². The molecule has 0 spiro atoms. The summed E-state index contributed by atoms with van der Waals surface area (Å²) in [6, 6.07) is 17.9. The molecule has 0 radical (unpaired) electrons. The third-order valence-corrected chi connectivity index (χ3v) is 4.54. The normalized spacial score (nSPS) is 11.1. The Balaban J connectivity index is 1.77. The van der Waals surface area contributed by atoms with Gasteiger partial charge in [-0.1, -0.05) is 45.0 Å². The highest BCUT2D eigenvalue weighted by molar-refractivity contribution is 5.65. The first-order valence-corrected chi connectivity index (χ1v) is 9.58. The maximum Gasteiger partial charge on any atom is 0.404 e. The molecule has 0 atom stereocenters. The molecule has 0 aliphatic carbocycles. The minimum absolute atomic E-state index is 0.0462. The van der Waals surface area contributed by atoms with E-state index in [9.17, 15) is 4.79 Å². The number of amides is 1. The van der Waals surface area contributed by atoms with Crippen LogP contribution in [0.3, 0.4) is 0 Å². The SMILES string of the molecule is CC(C)(C)c1ccnc(Nc2cccc(-c3cccc(CCNC(=O)O)c3)n2)c1. The summed E-state index contributed by atoms with van der Waals surface area (Å²) in [5, 5.41) is 14.4. The van der Waals surface area contributed by atoms with Gasteiger partial charge in [0, 0.05) is 18.3 Å². The Labute approximate surface area is 171 Å². The number of hydrogen-bond donors (Lipinski definition) is 3. The van der Waals surface area contributed by atoms with Crippen molar-refractivity contribution in [1.29, 1.82) is 0 Å². The molecule has 3 rings (SSSR count). The summed E-state index contributed by atoms with van der Waals surface area (Å²) >= 11 is 0. The topological polar surface area (TPSA) is 87.1 Å². The van der Waals surface area contributed by atoms with E-state index in [0.717, 1.165) is 28.5 Å². The van der Waals surface area contributed by atoms with Crippen molar-refractivity contribution in [2.24, 2.45) is 0 Å². The highest BCUT2D eigenvalue weighted by Crippen LogP contribution is 2.25. The van der Waals surface area contributed by atoms with Gasteiger partial charge in [0.05, 0.1) is 5.69 Å². The van der Waals surface area contributed by atoms with Crippen molar-refractivity contribution in [2.75, 3.05) is 11.9 Å². The average molecular weight is 390 g/mol. The van der Waals surface area contributed by atoms with E-state index in [1.165, 1.54) is 5.56 Å². The average Bonchev–Trinajstić information content (AvgIpc) is 2.68. The van der Waals surface area contributed by atoms with Crippen LogP contribution in [0.15, 0.2) is 60.8 Å². The lowest BCUT2D eigenvalue weighted by Gasteiger charge is -2.19. The van der Waals surface area contributed by atoms with Gasteiger partial charge in [0.1, 0.15) is 11.6 Å². The van der Waals surface area contributed by atoms with Crippen LogP contribution in [0.4, 0.5) is 16.4 Å². The summed E-state index contributed by atoms with van der Waals surface area (Å²) in [4.78, 5) is 19.7. The number of nitrogens with one attached hydrogen (secondary N) is 2. The Kier molecular flexibility index (Phi) is 6.12.